The first-order chi connectivity index (χ1) is 8.54. The molecule has 0 unspecified atom stereocenters. The largest absolute Gasteiger partial charge is 0.492 e. The Bertz CT molecular complexity index is 394. The van der Waals surface area contributed by atoms with Crippen molar-refractivity contribution in [2.45, 2.75) is 0 Å². The zero-order valence-electron chi connectivity index (χ0n) is 11.2. The summed E-state index contributed by atoms with van der Waals surface area (Å²) in [6.07, 6.45) is 0. The van der Waals surface area contributed by atoms with Gasteiger partial charge in [-0.05, 0) is 12.1 Å². The second-order valence-electron chi connectivity index (χ2n) is 4.26. The number of rotatable bonds is 6. The Balaban J connectivity index is 2.44. The van der Waals surface area contributed by atoms with Crippen molar-refractivity contribution in [3.8, 4) is 5.75 Å². The molecular weight excluding hydrogens is 230 g/mol. The predicted octanol–water partition coefficient (Wildman–Crippen LogP) is 0.549. The van der Waals surface area contributed by atoms with Gasteiger partial charge in [0.25, 0.3) is 0 Å². The van der Waals surface area contributed by atoms with Gasteiger partial charge in [0, 0.05) is 32.9 Å². The van der Waals surface area contributed by atoms with Crippen molar-refractivity contribution in [2.75, 3.05) is 45.7 Å². The molecule has 0 radical (unpaired) electrons. The summed E-state index contributed by atoms with van der Waals surface area (Å²) in [5.41, 5.74) is 6.35. The maximum atomic E-state index is 11.2. The summed E-state index contributed by atoms with van der Waals surface area (Å²) in [7, 11) is 5.68. The van der Waals surface area contributed by atoms with Crippen LogP contribution >= 0.6 is 0 Å². The zero-order chi connectivity index (χ0) is 13.5. The summed E-state index contributed by atoms with van der Waals surface area (Å²) in [6.45, 7) is 1.02. The Morgan fingerprint density at radius 2 is 2.06 bits per heavy atom. The molecule has 1 aromatic rings. The van der Waals surface area contributed by atoms with Crippen LogP contribution in [0.5, 0.6) is 5.75 Å². The molecule has 1 amide bonds. The quantitative estimate of drug-likeness (QED) is 0.802. The highest BCUT2D eigenvalue weighted by molar-refractivity contribution is 5.77. The van der Waals surface area contributed by atoms with Crippen LogP contribution in [0.25, 0.3) is 0 Å². The Morgan fingerprint density at radius 1 is 1.33 bits per heavy atom. The van der Waals surface area contributed by atoms with E-state index in [9.17, 15) is 4.79 Å². The number of hydrogen-bond donors (Lipinski definition) is 1. The van der Waals surface area contributed by atoms with E-state index in [0.29, 0.717) is 13.2 Å². The second-order valence-corrected chi connectivity index (χ2v) is 4.26. The number of benzene rings is 1. The molecule has 0 aliphatic carbocycles. The molecule has 5 heteroatoms. The number of hydrogen-bond acceptors (Lipinski definition) is 4. The molecule has 0 aliphatic heterocycles. The minimum atomic E-state index is -0.0827. The van der Waals surface area contributed by atoms with Crippen LogP contribution in [0.15, 0.2) is 24.3 Å². The van der Waals surface area contributed by atoms with Crippen molar-refractivity contribution in [3.63, 3.8) is 0 Å². The van der Waals surface area contributed by atoms with Gasteiger partial charge in [-0.3, -0.25) is 4.79 Å². The molecule has 0 heterocycles. The van der Waals surface area contributed by atoms with E-state index in [2.05, 4.69) is 0 Å². The first-order valence-electron chi connectivity index (χ1n) is 5.89. The Kier molecular flexibility index (Phi) is 5.45. The van der Waals surface area contributed by atoms with E-state index in [1.165, 1.54) is 0 Å². The number of nitrogens with two attached hydrogens (primary N) is 1. The highest BCUT2D eigenvalue weighted by Gasteiger charge is 2.05. The molecule has 1 rings (SSSR count). The smallest absolute Gasteiger partial charge is 0.236 e. The molecule has 0 aromatic heterocycles. The van der Waals surface area contributed by atoms with Crippen LogP contribution in [0, 0.1) is 0 Å². The van der Waals surface area contributed by atoms with E-state index in [1.807, 2.05) is 43.3 Å². The third kappa shape index (κ3) is 4.25. The van der Waals surface area contributed by atoms with Crippen LogP contribution in [-0.4, -0.2) is 51.6 Å². The standard InChI is InChI=1S/C13H21N3O2/c1-15(2)11-5-4-6-12(9-11)18-8-7-16(3)13(17)10-14/h4-6,9H,7-8,10,14H2,1-3H3. The summed E-state index contributed by atoms with van der Waals surface area (Å²) in [4.78, 5) is 14.8. The van der Waals surface area contributed by atoms with Gasteiger partial charge in [-0.2, -0.15) is 0 Å². The van der Waals surface area contributed by atoms with Gasteiger partial charge in [0.1, 0.15) is 12.4 Å². The van der Waals surface area contributed by atoms with Crippen LogP contribution in [0.3, 0.4) is 0 Å². The van der Waals surface area contributed by atoms with Crippen molar-refractivity contribution in [3.05, 3.63) is 24.3 Å². The maximum Gasteiger partial charge on any atom is 0.236 e. The lowest BCUT2D eigenvalue weighted by atomic mass is 10.3. The Labute approximate surface area is 108 Å². The van der Waals surface area contributed by atoms with Crippen LogP contribution < -0.4 is 15.4 Å². The number of nitrogens with zero attached hydrogens (tertiary/aromatic N) is 2. The zero-order valence-corrected chi connectivity index (χ0v) is 11.2. The van der Waals surface area contributed by atoms with E-state index in [1.54, 1.807) is 11.9 Å². The lowest BCUT2D eigenvalue weighted by Gasteiger charge is -2.17. The minimum Gasteiger partial charge on any atom is -0.492 e. The number of carbonyl (C=O) groups is 1. The number of ether oxygens (including phenoxy) is 1. The van der Waals surface area contributed by atoms with E-state index in [0.717, 1.165) is 11.4 Å². The average molecular weight is 251 g/mol. The molecule has 0 fully saturated rings. The van der Waals surface area contributed by atoms with Crippen molar-refractivity contribution in [1.82, 2.24) is 4.90 Å². The molecule has 0 saturated carbocycles. The molecule has 0 atom stereocenters. The summed E-state index contributed by atoms with van der Waals surface area (Å²) in [6, 6.07) is 7.82. The topological polar surface area (TPSA) is 58.8 Å². The molecule has 1 aromatic carbocycles. The van der Waals surface area contributed by atoms with Crippen molar-refractivity contribution < 1.29 is 9.53 Å². The molecular formula is C13H21N3O2. The lowest BCUT2D eigenvalue weighted by molar-refractivity contribution is -0.128. The molecule has 100 valence electrons. The second kappa shape index (κ2) is 6.86. The molecule has 2 N–H and O–H groups in total. The van der Waals surface area contributed by atoms with Gasteiger partial charge in [-0.25, -0.2) is 0 Å². The first-order valence-corrected chi connectivity index (χ1v) is 5.89. The lowest BCUT2D eigenvalue weighted by Crippen LogP contribution is -2.35. The SMILES string of the molecule is CN(CCOc1cccc(N(C)C)c1)C(=O)CN. The van der Waals surface area contributed by atoms with Gasteiger partial charge in [-0.1, -0.05) is 6.07 Å². The van der Waals surface area contributed by atoms with Crippen molar-refractivity contribution >= 4 is 11.6 Å². The number of amides is 1. The summed E-state index contributed by atoms with van der Waals surface area (Å²) >= 11 is 0. The molecule has 0 bridgehead atoms. The van der Waals surface area contributed by atoms with Gasteiger partial charge in [-0.15, -0.1) is 0 Å². The van der Waals surface area contributed by atoms with Gasteiger partial charge in [0.15, 0.2) is 0 Å². The molecule has 0 saturated heterocycles. The van der Waals surface area contributed by atoms with Crippen molar-refractivity contribution in [1.29, 1.82) is 0 Å². The summed E-state index contributed by atoms with van der Waals surface area (Å²) < 4.78 is 5.60. The van der Waals surface area contributed by atoms with Crippen molar-refractivity contribution in [2.24, 2.45) is 5.73 Å². The number of anilines is 1. The Morgan fingerprint density at radius 3 is 2.67 bits per heavy atom. The van der Waals surface area contributed by atoms with Gasteiger partial charge < -0.3 is 20.3 Å². The van der Waals surface area contributed by atoms with Gasteiger partial charge in [0.05, 0.1) is 13.1 Å². The first kappa shape index (κ1) is 14.3. The normalized spacial score (nSPS) is 10.0. The average Bonchev–Trinajstić information content (AvgIpc) is 2.38. The van der Waals surface area contributed by atoms with E-state index >= 15 is 0 Å². The predicted molar refractivity (Wildman–Crippen MR) is 73.0 cm³/mol. The molecule has 0 aliphatic rings. The third-order valence-corrected chi connectivity index (χ3v) is 2.63. The number of likely N-dealkylation sites (N-methyl/N-ethyl adjacent to an activating group) is 1. The fourth-order valence-electron chi connectivity index (χ4n) is 1.43. The summed E-state index contributed by atoms with van der Waals surface area (Å²) in [5.74, 6) is 0.718. The molecule has 5 nitrogen and oxygen atoms in total. The third-order valence-electron chi connectivity index (χ3n) is 2.63. The van der Waals surface area contributed by atoms with Crippen LogP contribution in [-0.2, 0) is 4.79 Å². The fraction of sp³-hybridized carbons (Fsp3) is 0.462. The fourth-order valence-corrected chi connectivity index (χ4v) is 1.43. The van der Waals surface area contributed by atoms with Gasteiger partial charge in [0.2, 0.25) is 5.91 Å². The van der Waals surface area contributed by atoms with E-state index < -0.39 is 0 Å². The van der Waals surface area contributed by atoms with Crippen LogP contribution in [0.4, 0.5) is 5.69 Å². The Hall–Kier alpha value is -1.75. The molecule has 0 spiro atoms. The minimum absolute atomic E-state index is 0.0343. The van der Waals surface area contributed by atoms with Crippen LogP contribution in [0.1, 0.15) is 0 Å². The maximum absolute atomic E-state index is 11.2. The number of carbonyl (C=O) groups excluding carboxylic acids is 1. The van der Waals surface area contributed by atoms with E-state index in [-0.39, 0.29) is 12.5 Å². The van der Waals surface area contributed by atoms with Gasteiger partial charge >= 0.3 is 0 Å². The summed E-state index contributed by atoms with van der Waals surface area (Å²) in [5, 5.41) is 0. The monoisotopic (exact) mass is 251 g/mol. The highest BCUT2D eigenvalue weighted by atomic mass is 16.5. The highest BCUT2D eigenvalue weighted by Crippen LogP contribution is 2.19. The molecule has 18 heavy (non-hydrogen) atoms. The van der Waals surface area contributed by atoms with E-state index in [4.69, 9.17) is 10.5 Å². The van der Waals surface area contributed by atoms with Crippen LogP contribution in [0.2, 0.25) is 0 Å².